The third-order valence-electron chi connectivity index (χ3n) is 5.74. The maximum Gasteiger partial charge on any atom is 0.326 e. The molecule has 1 fully saturated rings. The van der Waals surface area contributed by atoms with E-state index in [2.05, 4.69) is 0 Å². The number of carboxylic acids is 1. The molecular formula is C22H22N2O5. The predicted molar refractivity (Wildman–Crippen MR) is 106 cm³/mol. The van der Waals surface area contributed by atoms with Crippen LogP contribution in [0.5, 0.6) is 0 Å². The van der Waals surface area contributed by atoms with Gasteiger partial charge in [-0.1, -0.05) is 24.3 Å². The van der Waals surface area contributed by atoms with Crippen LogP contribution in [0.3, 0.4) is 0 Å². The Morgan fingerprint density at radius 1 is 1.00 bits per heavy atom. The highest BCUT2D eigenvalue weighted by Crippen LogP contribution is 2.30. The van der Waals surface area contributed by atoms with Crippen molar-refractivity contribution in [2.24, 2.45) is 0 Å². The summed E-state index contributed by atoms with van der Waals surface area (Å²) in [6.45, 7) is 0.562. The Hall–Kier alpha value is -3.22. The molecule has 1 N–H and O–H groups in total. The number of piperidine rings is 1. The molecule has 7 nitrogen and oxygen atoms in total. The van der Waals surface area contributed by atoms with Crippen molar-refractivity contribution < 1.29 is 24.3 Å². The van der Waals surface area contributed by atoms with Gasteiger partial charge in [-0.3, -0.25) is 19.3 Å². The van der Waals surface area contributed by atoms with Crippen LogP contribution in [0.4, 0.5) is 0 Å². The number of carbonyl (C=O) groups is 4. The van der Waals surface area contributed by atoms with E-state index in [1.165, 1.54) is 9.80 Å². The summed E-state index contributed by atoms with van der Waals surface area (Å²) in [6, 6.07) is 9.97. The summed E-state index contributed by atoms with van der Waals surface area (Å²) in [4.78, 5) is 52.3. The third-order valence-corrected chi connectivity index (χ3v) is 5.74. The first-order valence-electron chi connectivity index (χ1n) is 9.89. The maximum atomic E-state index is 12.9. The summed E-state index contributed by atoms with van der Waals surface area (Å²) in [7, 11) is 0. The van der Waals surface area contributed by atoms with Crippen LogP contribution in [0.2, 0.25) is 0 Å². The molecule has 2 aromatic rings. The Balaban J connectivity index is 1.45. The smallest absolute Gasteiger partial charge is 0.326 e. The van der Waals surface area contributed by atoms with Gasteiger partial charge >= 0.3 is 5.97 Å². The number of aliphatic carboxylic acids is 1. The molecule has 7 heteroatoms. The van der Waals surface area contributed by atoms with Gasteiger partial charge in [0.15, 0.2) is 0 Å². The van der Waals surface area contributed by atoms with E-state index in [9.17, 15) is 24.3 Å². The Kier molecular flexibility index (Phi) is 5.05. The second kappa shape index (κ2) is 7.66. The van der Waals surface area contributed by atoms with Gasteiger partial charge in [0.1, 0.15) is 6.04 Å². The Morgan fingerprint density at radius 3 is 2.28 bits per heavy atom. The molecule has 29 heavy (non-hydrogen) atoms. The fraction of sp³-hybridized carbons (Fsp3) is 0.364. The number of imide groups is 1. The summed E-state index contributed by atoms with van der Waals surface area (Å²) >= 11 is 0. The molecule has 2 heterocycles. The standard InChI is InChI=1S/C22H22N2O5/c25-18(23-12-2-1-10-17(23)22(28)29)11-5-13-24-20(26)15-8-3-6-14-7-4-9-16(19(14)15)21(24)27/h3-4,6-9,17H,1-2,5,10-13H2,(H,28,29). The van der Waals surface area contributed by atoms with E-state index in [1.807, 2.05) is 12.1 Å². The third kappa shape index (κ3) is 3.37. The van der Waals surface area contributed by atoms with Crippen LogP contribution in [0.1, 0.15) is 52.8 Å². The van der Waals surface area contributed by atoms with Gasteiger partial charge in [0, 0.05) is 36.0 Å². The molecule has 1 saturated heterocycles. The number of carbonyl (C=O) groups excluding carboxylic acids is 3. The highest BCUT2D eigenvalue weighted by molar-refractivity contribution is 6.25. The fourth-order valence-electron chi connectivity index (χ4n) is 4.30. The highest BCUT2D eigenvalue weighted by Gasteiger charge is 2.34. The lowest BCUT2D eigenvalue weighted by atomic mass is 9.94. The Morgan fingerprint density at radius 2 is 1.66 bits per heavy atom. The molecule has 2 aliphatic rings. The van der Waals surface area contributed by atoms with Crippen LogP contribution < -0.4 is 0 Å². The van der Waals surface area contributed by atoms with E-state index < -0.39 is 12.0 Å². The molecule has 0 spiro atoms. The van der Waals surface area contributed by atoms with Crippen molar-refractivity contribution in [1.82, 2.24) is 9.80 Å². The minimum atomic E-state index is -0.982. The van der Waals surface area contributed by atoms with Gasteiger partial charge in [-0.2, -0.15) is 0 Å². The van der Waals surface area contributed by atoms with E-state index in [0.29, 0.717) is 35.9 Å². The van der Waals surface area contributed by atoms with E-state index in [4.69, 9.17) is 0 Å². The summed E-state index contributed by atoms with van der Waals surface area (Å²) in [5, 5.41) is 10.9. The van der Waals surface area contributed by atoms with Crippen molar-refractivity contribution >= 4 is 34.5 Å². The van der Waals surface area contributed by atoms with E-state index in [0.717, 1.165) is 18.2 Å². The average Bonchev–Trinajstić information content (AvgIpc) is 2.74. The van der Waals surface area contributed by atoms with Gasteiger partial charge in [-0.05, 0) is 43.2 Å². The van der Waals surface area contributed by atoms with Gasteiger partial charge in [0.2, 0.25) is 5.91 Å². The van der Waals surface area contributed by atoms with E-state index in [1.54, 1.807) is 24.3 Å². The summed E-state index contributed by atoms with van der Waals surface area (Å²) < 4.78 is 0. The summed E-state index contributed by atoms with van der Waals surface area (Å²) in [6.07, 6.45) is 2.46. The maximum absolute atomic E-state index is 12.9. The number of benzene rings is 2. The zero-order valence-electron chi connectivity index (χ0n) is 16.0. The van der Waals surface area contributed by atoms with Crippen molar-refractivity contribution in [3.8, 4) is 0 Å². The lowest BCUT2D eigenvalue weighted by Crippen LogP contribution is -2.48. The quantitative estimate of drug-likeness (QED) is 0.787. The van der Waals surface area contributed by atoms with Crippen LogP contribution >= 0.6 is 0 Å². The molecule has 4 rings (SSSR count). The first kappa shape index (κ1) is 19.1. The van der Waals surface area contributed by atoms with E-state index in [-0.39, 0.29) is 30.7 Å². The second-order valence-electron chi connectivity index (χ2n) is 7.51. The number of nitrogens with zero attached hydrogens (tertiary/aromatic N) is 2. The first-order valence-corrected chi connectivity index (χ1v) is 9.89. The summed E-state index contributed by atoms with van der Waals surface area (Å²) in [5.74, 6) is -1.93. The van der Waals surface area contributed by atoms with Gasteiger partial charge in [-0.25, -0.2) is 4.79 Å². The minimum absolute atomic E-state index is 0.104. The van der Waals surface area contributed by atoms with Crippen molar-refractivity contribution in [2.75, 3.05) is 13.1 Å². The molecule has 150 valence electrons. The second-order valence-corrected chi connectivity index (χ2v) is 7.51. The first-order chi connectivity index (χ1) is 14.0. The average molecular weight is 394 g/mol. The van der Waals surface area contributed by atoms with Crippen molar-refractivity contribution in [2.45, 2.75) is 38.1 Å². The fourth-order valence-corrected chi connectivity index (χ4v) is 4.30. The minimum Gasteiger partial charge on any atom is -0.480 e. The SMILES string of the molecule is O=C(O)C1CCCCN1C(=O)CCCN1C(=O)c2cccc3cccc(c23)C1=O. The number of amides is 3. The van der Waals surface area contributed by atoms with Crippen LogP contribution in [-0.2, 0) is 9.59 Å². The topological polar surface area (TPSA) is 95.0 Å². The van der Waals surface area contributed by atoms with Gasteiger partial charge in [0.25, 0.3) is 11.8 Å². The molecule has 0 bridgehead atoms. The Labute approximate surface area is 167 Å². The molecule has 2 aromatic carbocycles. The number of hydrogen-bond donors (Lipinski definition) is 1. The largest absolute Gasteiger partial charge is 0.480 e. The molecule has 0 radical (unpaired) electrons. The monoisotopic (exact) mass is 394 g/mol. The van der Waals surface area contributed by atoms with Crippen LogP contribution in [0.25, 0.3) is 10.8 Å². The molecular weight excluding hydrogens is 372 g/mol. The van der Waals surface area contributed by atoms with Crippen LogP contribution in [0, 0.1) is 0 Å². The number of rotatable bonds is 5. The predicted octanol–water partition coefficient (Wildman–Crippen LogP) is 2.68. The number of carboxylic acid groups (broad SMARTS) is 1. The van der Waals surface area contributed by atoms with Crippen molar-refractivity contribution in [3.05, 3.63) is 47.5 Å². The van der Waals surface area contributed by atoms with Crippen LogP contribution in [-0.4, -0.2) is 57.7 Å². The van der Waals surface area contributed by atoms with Crippen molar-refractivity contribution in [3.63, 3.8) is 0 Å². The molecule has 3 amide bonds. The summed E-state index contributed by atoms with van der Waals surface area (Å²) in [5.41, 5.74) is 0.983. The molecule has 0 aromatic heterocycles. The zero-order chi connectivity index (χ0) is 20.5. The Bertz CT molecular complexity index is 965. The lowest BCUT2D eigenvalue weighted by molar-refractivity contribution is -0.152. The zero-order valence-corrected chi connectivity index (χ0v) is 16.0. The van der Waals surface area contributed by atoms with Crippen LogP contribution in [0.15, 0.2) is 36.4 Å². The van der Waals surface area contributed by atoms with Gasteiger partial charge in [-0.15, -0.1) is 0 Å². The molecule has 0 aliphatic carbocycles. The molecule has 1 atom stereocenters. The normalized spacial score (nSPS) is 19.0. The highest BCUT2D eigenvalue weighted by atomic mass is 16.4. The number of likely N-dealkylation sites (tertiary alicyclic amines) is 1. The van der Waals surface area contributed by atoms with E-state index >= 15 is 0 Å². The molecule has 2 aliphatic heterocycles. The van der Waals surface area contributed by atoms with Gasteiger partial charge < -0.3 is 10.0 Å². The lowest BCUT2D eigenvalue weighted by Gasteiger charge is -2.33. The molecule has 1 unspecified atom stereocenters. The van der Waals surface area contributed by atoms with Gasteiger partial charge in [0.05, 0.1) is 0 Å². The number of hydrogen-bond acceptors (Lipinski definition) is 4. The van der Waals surface area contributed by atoms with Crippen molar-refractivity contribution in [1.29, 1.82) is 0 Å². The molecule has 0 saturated carbocycles.